The summed E-state index contributed by atoms with van der Waals surface area (Å²) in [5.41, 5.74) is 0.218. The van der Waals surface area contributed by atoms with Gasteiger partial charge in [0.2, 0.25) is 0 Å². The first-order valence-electron chi connectivity index (χ1n) is 6.54. The number of hydrogen-bond acceptors (Lipinski definition) is 4. The third-order valence-electron chi connectivity index (χ3n) is 2.70. The van der Waals surface area contributed by atoms with Gasteiger partial charge >= 0.3 is 6.09 Å². The van der Waals surface area contributed by atoms with E-state index in [1.54, 1.807) is 4.90 Å². The van der Waals surface area contributed by atoms with Gasteiger partial charge in [-0.25, -0.2) is 9.78 Å². The molecule has 0 radical (unpaired) electrons. The second-order valence-corrected chi connectivity index (χ2v) is 6.68. The smallest absolute Gasteiger partial charge is 0.410 e. The molecule has 6 heteroatoms. The maximum Gasteiger partial charge on any atom is 0.410 e. The van der Waals surface area contributed by atoms with Crippen LogP contribution in [-0.4, -0.2) is 34.2 Å². The lowest BCUT2D eigenvalue weighted by atomic mass is 10.2. The van der Waals surface area contributed by atoms with Crippen LogP contribution in [0.2, 0.25) is 0 Å². The first-order valence-corrected chi connectivity index (χ1v) is 7.34. The van der Waals surface area contributed by atoms with E-state index in [1.165, 1.54) is 0 Å². The highest BCUT2D eigenvalue weighted by molar-refractivity contribution is 9.10. The Balaban J connectivity index is 2.22. The molecular formula is C14H19BrN2O3. The third-order valence-corrected chi connectivity index (χ3v) is 3.14. The summed E-state index contributed by atoms with van der Waals surface area (Å²) >= 11 is 3.34. The largest absolute Gasteiger partial charge is 0.487 e. The van der Waals surface area contributed by atoms with Gasteiger partial charge in [0.15, 0.2) is 0 Å². The van der Waals surface area contributed by atoms with Gasteiger partial charge in [-0.15, -0.1) is 0 Å². The van der Waals surface area contributed by atoms with Gasteiger partial charge in [0.1, 0.15) is 27.8 Å². The van der Waals surface area contributed by atoms with Crippen molar-refractivity contribution in [3.8, 4) is 5.75 Å². The van der Waals surface area contributed by atoms with Crippen molar-refractivity contribution in [2.75, 3.05) is 6.54 Å². The van der Waals surface area contributed by atoms with Crippen molar-refractivity contribution in [1.29, 1.82) is 0 Å². The molecule has 0 saturated heterocycles. The van der Waals surface area contributed by atoms with E-state index in [2.05, 4.69) is 20.9 Å². The standard InChI is InChI=1S/C14H19BrN2O3/c1-9-7-17(13(18)20-14(2,3)4)8-10-11(19-9)5-6-12(15)16-10/h5-6,9H,7-8H2,1-4H3/t9-/m0/s1. The molecule has 2 heterocycles. The molecule has 1 aromatic heterocycles. The van der Waals surface area contributed by atoms with Gasteiger partial charge < -0.3 is 9.47 Å². The van der Waals surface area contributed by atoms with Gasteiger partial charge in [-0.2, -0.15) is 0 Å². The van der Waals surface area contributed by atoms with Crippen LogP contribution in [0, 0.1) is 0 Å². The van der Waals surface area contributed by atoms with Crippen molar-refractivity contribution in [1.82, 2.24) is 9.88 Å². The van der Waals surface area contributed by atoms with Crippen LogP contribution in [0.5, 0.6) is 5.75 Å². The molecule has 0 aliphatic carbocycles. The van der Waals surface area contributed by atoms with Crippen LogP contribution in [-0.2, 0) is 11.3 Å². The Hall–Kier alpha value is -1.30. The molecule has 1 aliphatic heterocycles. The highest BCUT2D eigenvalue weighted by Crippen LogP contribution is 2.26. The topological polar surface area (TPSA) is 51.7 Å². The van der Waals surface area contributed by atoms with Gasteiger partial charge in [0.05, 0.1) is 13.1 Å². The molecule has 1 aromatic rings. The van der Waals surface area contributed by atoms with Crippen molar-refractivity contribution in [2.45, 2.75) is 45.9 Å². The van der Waals surface area contributed by atoms with E-state index in [1.807, 2.05) is 39.8 Å². The molecule has 110 valence electrons. The molecule has 0 spiro atoms. The maximum absolute atomic E-state index is 12.2. The fourth-order valence-corrected chi connectivity index (χ4v) is 2.30. The van der Waals surface area contributed by atoms with Crippen molar-refractivity contribution in [2.24, 2.45) is 0 Å². The Morgan fingerprint density at radius 1 is 1.50 bits per heavy atom. The van der Waals surface area contributed by atoms with E-state index in [4.69, 9.17) is 9.47 Å². The Morgan fingerprint density at radius 2 is 2.20 bits per heavy atom. The molecular weight excluding hydrogens is 324 g/mol. The molecule has 2 rings (SSSR count). The number of aromatic nitrogens is 1. The van der Waals surface area contributed by atoms with Gasteiger partial charge in [0, 0.05) is 0 Å². The van der Waals surface area contributed by atoms with Crippen LogP contribution in [0.15, 0.2) is 16.7 Å². The summed E-state index contributed by atoms with van der Waals surface area (Å²) in [6.07, 6.45) is -0.450. The summed E-state index contributed by atoms with van der Waals surface area (Å²) in [7, 11) is 0. The minimum absolute atomic E-state index is 0.105. The molecule has 5 nitrogen and oxygen atoms in total. The summed E-state index contributed by atoms with van der Waals surface area (Å²) in [5, 5.41) is 0. The van der Waals surface area contributed by atoms with Gasteiger partial charge in [0.25, 0.3) is 0 Å². The zero-order valence-electron chi connectivity index (χ0n) is 12.1. The molecule has 0 saturated carbocycles. The molecule has 0 unspecified atom stereocenters. The molecule has 1 aliphatic rings. The second kappa shape index (κ2) is 5.60. The van der Waals surface area contributed by atoms with Crippen molar-refractivity contribution in [3.05, 3.63) is 22.4 Å². The van der Waals surface area contributed by atoms with E-state index in [0.29, 0.717) is 18.8 Å². The molecule has 1 atom stereocenters. The van der Waals surface area contributed by atoms with Gasteiger partial charge in [-0.1, -0.05) is 0 Å². The van der Waals surface area contributed by atoms with Crippen LogP contribution >= 0.6 is 15.9 Å². The molecule has 0 fully saturated rings. The van der Waals surface area contributed by atoms with Crippen molar-refractivity contribution < 1.29 is 14.3 Å². The maximum atomic E-state index is 12.2. The Morgan fingerprint density at radius 3 is 2.85 bits per heavy atom. The molecule has 0 N–H and O–H groups in total. The molecule has 20 heavy (non-hydrogen) atoms. The monoisotopic (exact) mass is 342 g/mol. The quantitative estimate of drug-likeness (QED) is 0.678. The van der Waals surface area contributed by atoms with E-state index in [0.717, 1.165) is 10.3 Å². The number of amides is 1. The van der Waals surface area contributed by atoms with Crippen LogP contribution in [0.25, 0.3) is 0 Å². The highest BCUT2D eigenvalue weighted by Gasteiger charge is 2.28. The molecule has 1 amide bonds. The molecule has 0 bridgehead atoms. The van der Waals surface area contributed by atoms with Crippen molar-refractivity contribution in [3.63, 3.8) is 0 Å². The highest BCUT2D eigenvalue weighted by atomic mass is 79.9. The number of ether oxygens (including phenoxy) is 2. The number of nitrogens with zero attached hydrogens (tertiary/aromatic N) is 2. The van der Waals surface area contributed by atoms with E-state index >= 15 is 0 Å². The summed E-state index contributed by atoms with van der Waals surface area (Å²) in [6, 6.07) is 3.69. The van der Waals surface area contributed by atoms with Crippen molar-refractivity contribution >= 4 is 22.0 Å². The lowest BCUT2D eigenvalue weighted by Crippen LogP contribution is -2.39. The Kier molecular flexibility index (Phi) is 4.22. The number of carbonyl (C=O) groups excluding carboxylic acids is 1. The van der Waals surface area contributed by atoms with E-state index in [9.17, 15) is 4.79 Å². The lowest BCUT2D eigenvalue weighted by molar-refractivity contribution is 0.0187. The molecule has 0 aromatic carbocycles. The van der Waals surface area contributed by atoms with Crippen LogP contribution in [0.3, 0.4) is 0 Å². The van der Waals surface area contributed by atoms with Gasteiger partial charge in [-0.3, -0.25) is 4.90 Å². The predicted molar refractivity (Wildman–Crippen MR) is 78.7 cm³/mol. The minimum atomic E-state index is -0.513. The number of fused-ring (bicyclic) bond motifs is 1. The second-order valence-electron chi connectivity index (χ2n) is 5.87. The SMILES string of the molecule is C[C@H]1CN(C(=O)OC(C)(C)C)Cc2nc(Br)ccc2O1. The average Bonchev–Trinajstić information content (AvgIpc) is 2.45. The summed E-state index contributed by atoms with van der Waals surface area (Å²) in [4.78, 5) is 18.2. The number of hydrogen-bond donors (Lipinski definition) is 0. The minimum Gasteiger partial charge on any atom is -0.487 e. The first-order chi connectivity index (χ1) is 9.24. The van der Waals surface area contributed by atoms with E-state index < -0.39 is 5.60 Å². The summed E-state index contributed by atoms with van der Waals surface area (Å²) in [6.45, 7) is 8.34. The van der Waals surface area contributed by atoms with Crippen LogP contribution < -0.4 is 4.74 Å². The predicted octanol–water partition coefficient (Wildman–Crippen LogP) is 3.36. The number of rotatable bonds is 0. The summed E-state index contributed by atoms with van der Waals surface area (Å²) < 4.78 is 11.9. The number of pyridine rings is 1. The summed E-state index contributed by atoms with van der Waals surface area (Å²) in [5.74, 6) is 0.715. The average molecular weight is 343 g/mol. The number of halogens is 1. The van der Waals surface area contributed by atoms with Crippen LogP contribution in [0.1, 0.15) is 33.4 Å². The number of carbonyl (C=O) groups is 1. The zero-order valence-corrected chi connectivity index (χ0v) is 13.7. The zero-order chi connectivity index (χ0) is 14.9. The fraction of sp³-hybridized carbons (Fsp3) is 0.571. The van der Waals surface area contributed by atoms with Gasteiger partial charge in [-0.05, 0) is 55.8 Å². The van der Waals surface area contributed by atoms with E-state index in [-0.39, 0.29) is 12.2 Å². The third kappa shape index (κ3) is 3.85. The Labute approximate surface area is 127 Å². The Bertz CT molecular complexity index is 514. The first kappa shape index (κ1) is 15.1. The lowest BCUT2D eigenvalue weighted by Gasteiger charge is -2.26. The fourth-order valence-electron chi connectivity index (χ4n) is 1.96. The van der Waals surface area contributed by atoms with Crippen LogP contribution in [0.4, 0.5) is 4.79 Å². The normalized spacial score (nSPS) is 18.9.